The van der Waals surface area contributed by atoms with Crippen molar-refractivity contribution in [2.24, 2.45) is 0 Å². The summed E-state index contributed by atoms with van der Waals surface area (Å²) in [6.07, 6.45) is 3.32. The quantitative estimate of drug-likeness (QED) is 0.684. The first kappa shape index (κ1) is 22.8. The number of carbonyl (C=O) groups is 2. The smallest absolute Gasteiger partial charge is 0.328 e. The first-order valence-electron chi connectivity index (χ1n) is 9.86. The fourth-order valence-corrected chi connectivity index (χ4v) is 4.32. The molecule has 4 rings (SSSR count). The number of carboxylic acids is 2. The number of carboxylic acid groups (broad SMARTS) is 2. The largest absolute Gasteiger partial charge is 0.478 e. The van der Waals surface area contributed by atoms with Gasteiger partial charge in [0.15, 0.2) is 0 Å². The van der Waals surface area contributed by atoms with Gasteiger partial charge in [-0.15, -0.1) is 0 Å². The van der Waals surface area contributed by atoms with E-state index < -0.39 is 11.9 Å². The Morgan fingerprint density at radius 3 is 2.23 bits per heavy atom. The molecule has 0 aromatic heterocycles. The van der Waals surface area contributed by atoms with Gasteiger partial charge in [-0.1, -0.05) is 29.8 Å². The van der Waals surface area contributed by atoms with Crippen molar-refractivity contribution < 1.29 is 24.2 Å². The zero-order valence-electron chi connectivity index (χ0n) is 17.1. The second-order valence-corrected chi connectivity index (χ2v) is 8.23. The van der Waals surface area contributed by atoms with E-state index in [1.165, 1.54) is 11.6 Å². The van der Waals surface area contributed by atoms with E-state index in [2.05, 4.69) is 22.9 Å². The predicted molar refractivity (Wildman–Crippen MR) is 118 cm³/mol. The van der Waals surface area contributed by atoms with Crippen molar-refractivity contribution in [3.8, 4) is 0 Å². The number of benzene rings is 2. The number of nitrogens with zero attached hydrogens (tertiary/aromatic N) is 2. The molecule has 31 heavy (non-hydrogen) atoms. The summed E-state index contributed by atoms with van der Waals surface area (Å²) >= 11 is 6.24. The standard InChI is InChI=1S/C19H20ClFN2.C4H4O4/c1-22-10-8-19(9-11-22)13-23(17-5-3-2-4-16(17)21)18-12-14(20)6-7-15(18)19;5-3(6)1-2-4(7)8/h2-7,12H,8-11,13H2,1H3;1-2H,(H,5,6)(H,7,8). The summed E-state index contributed by atoms with van der Waals surface area (Å²) in [5.41, 5.74) is 3.13. The van der Waals surface area contributed by atoms with Gasteiger partial charge in [0, 0.05) is 34.8 Å². The molecule has 2 aromatic rings. The van der Waals surface area contributed by atoms with Gasteiger partial charge >= 0.3 is 11.9 Å². The number of anilines is 2. The fraction of sp³-hybridized carbons (Fsp3) is 0.304. The summed E-state index contributed by atoms with van der Waals surface area (Å²) in [6.45, 7) is 2.98. The first-order valence-corrected chi connectivity index (χ1v) is 10.2. The Kier molecular flexibility index (Phi) is 6.97. The van der Waals surface area contributed by atoms with Gasteiger partial charge in [-0.3, -0.25) is 0 Å². The minimum absolute atomic E-state index is 0.106. The lowest BCUT2D eigenvalue weighted by Gasteiger charge is -2.38. The molecule has 0 saturated carbocycles. The normalized spacial score (nSPS) is 17.3. The molecular weight excluding hydrogens is 423 g/mol. The molecular formula is C23H24ClFN2O4. The molecule has 164 valence electrons. The topological polar surface area (TPSA) is 81.1 Å². The number of piperidine rings is 1. The lowest BCUT2D eigenvalue weighted by Crippen LogP contribution is -2.43. The van der Waals surface area contributed by atoms with Gasteiger partial charge in [0.05, 0.1) is 5.69 Å². The maximum Gasteiger partial charge on any atom is 0.328 e. The number of fused-ring (bicyclic) bond motifs is 2. The monoisotopic (exact) mass is 446 g/mol. The maximum absolute atomic E-state index is 14.4. The highest BCUT2D eigenvalue weighted by atomic mass is 35.5. The number of para-hydroxylation sites is 1. The van der Waals surface area contributed by atoms with Gasteiger partial charge in [0.25, 0.3) is 0 Å². The summed E-state index contributed by atoms with van der Waals surface area (Å²) in [7, 11) is 2.17. The minimum Gasteiger partial charge on any atom is -0.478 e. The van der Waals surface area contributed by atoms with E-state index in [-0.39, 0.29) is 11.2 Å². The van der Waals surface area contributed by atoms with Crippen LogP contribution >= 0.6 is 11.6 Å². The van der Waals surface area contributed by atoms with E-state index in [1.54, 1.807) is 6.07 Å². The van der Waals surface area contributed by atoms with E-state index in [4.69, 9.17) is 21.8 Å². The van der Waals surface area contributed by atoms with Gasteiger partial charge < -0.3 is 20.0 Å². The zero-order chi connectivity index (χ0) is 22.6. The third-order valence-electron chi connectivity index (χ3n) is 5.74. The molecule has 0 unspecified atom stereocenters. The Morgan fingerprint density at radius 1 is 1.03 bits per heavy atom. The van der Waals surface area contributed by atoms with Crippen LogP contribution in [0.1, 0.15) is 18.4 Å². The minimum atomic E-state index is -1.26. The van der Waals surface area contributed by atoms with Crippen molar-refractivity contribution in [1.29, 1.82) is 0 Å². The van der Waals surface area contributed by atoms with Crippen LogP contribution in [0.2, 0.25) is 5.02 Å². The molecule has 2 aliphatic heterocycles. The van der Waals surface area contributed by atoms with Gasteiger partial charge in [-0.25, -0.2) is 14.0 Å². The molecule has 1 fully saturated rings. The zero-order valence-corrected chi connectivity index (χ0v) is 17.8. The lowest BCUT2D eigenvalue weighted by molar-refractivity contribution is -0.134. The van der Waals surface area contributed by atoms with Crippen LogP contribution < -0.4 is 4.90 Å². The molecule has 0 bridgehead atoms. The van der Waals surface area contributed by atoms with Gasteiger partial charge in [0.1, 0.15) is 5.82 Å². The first-order chi connectivity index (χ1) is 14.7. The highest BCUT2D eigenvalue weighted by molar-refractivity contribution is 6.31. The molecule has 6 nitrogen and oxygen atoms in total. The Morgan fingerprint density at radius 2 is 1.65 bits per heavy atom. The van der Waals surface area contributed by atoms with Gasteiger partial charge in [0.2, 0.25) is 0 Å². The van der Waals surface area contributed by atoms with Crippen molar-refractivity contribution in [2.75, 3.05) is 31.6 Å². The lowest BCUT2D eigenvalue weighted by atomic mass is 9.74. The number of hydrogen-bond acceptors (Lipinski definition) is 4. The van der Waals surface area contributed by atoms with E-state index in [1.807, 2.05) is 24.3 Å². The van der Waals surface area contributed by atoms with Crippen molar-refractivity contribution in [1.82, 2.24) is 4.90 Å². The van der Waals surface area contributed by atoms with Gasteiger partial charge in [-0.2, -0.15) is 0 Å². The van der Waals surface area contributed by atoms with Crippen LogP contribution in [-0.2, 0) is 15.0 Å². The fourth-order valence-electron chi connectivity index (χ4n) is 4.15. The Bertz CT molecular complexity index is 987. The Labute approximate surface area is 185 Å². The molecule has 0 amide bonds. The number of halogens is 2. The second-order valence-electron chi connectivity index (χ2n) is 7.79. The molecule has 2 heterocycles. The Hall–Kier alpha value is -2.90. The summed E-state index contributed by atoms with van der Waals surface area (Å²) in [5, 5.41) is 16.3. The molecule has 0 atom stereocenters. The highest BCUT2D eigenvalue weighted by Gasteiger charge is 2.45. The number of hydrogen-bond donors (Lipinski definition) is 2. The van der Waals surface area contributed by atoms with Crippen LogP contribution in [0.4, 0.5) is 15.8 Å². The highest BCUT2D eigenvalue weighted by Crippen LogP contribution is 2.50. The predicted octanol–water partition coefficient (Wildman–Crippen LogP) is 4.31. The van der Waals surface area contributed by atoms with Crippen LogP contribution in [0.3, 0.4) is 0 Å². The summed E-state index contributed by atoms with van der Waals surface area (Å²) in [5.74, 6) is -2.69. The average Bonchev–Trinajstić information content (AvgIpc) is 3.03. The molecule has 1 spiro atoms. The second kappa shape index (κ2) is 9.49. The van der Waals surface area contributed by atoms with Crippen LogP contribution in [0.25, 0.3) is 0 Å². The van der Waals surface area contributed by atoms with Crippen LogP contribution in [-0.4, -0.2) is 53.7 Å². The summed E-state index contributed by atoms with van der Waals surface area (Å²) in [4.78, 5) is 23.6. The summed E-state index contributed by atoms with van der Waals surface area (Å²) in [6, 6.07) is 13.1. The Balaban J connectivity index is 0.000000293. The van der Waals surface area contributed by atoms with Crippen LogP contribution in [0.15, 0.2) is 54.6 Å². The van der Waals surface area contributed by atoms with Gasteiger partial charge in [-0.05, 0) is 62.8 Å². The number of likely N-dealkylation sites (tertiary alicyclic amines) is 1. The van der Waals surface area contributed by atoms with Crippen molar-refractivity contribution in [3.63, 3.8) is 0 Å². The van der Waals surface area contributed by atoms with Crippen molar-refractivity contribution in [3.05, 3.63) is 71.0 Å². The molecule has 1 saturated heterocycles. The molecule has 0 aliphatic carbocycles. The van der Waals surface area contributed by atoms with E-state index >= 15 is 0 Å². The summed E-state index contributed by atoms with van der Waals surface area (Å²) < 4.78 is 14.4. The molecule has 0 radical (unpaired) electrons. The SMILES string of the molecule is CN1CCC2(CC1)CN(c1ccccc1F)c1cc(Cl)ccc12.O=C(O)C=CC(=O)O. The maximum atomic E-state index is 14.4. The molecule has 2 N–H and O–H groups in total. The van der Waals surface area contributed by atoms with Crippen molar-refractivity contribution >= 4 is 34.9 Å². The van der Waals surface area contributed by atoms with Crippen molar-refractivity contribution in [2.45, 2.75) is 18.3 Å². The van der Waals surface area contributed by atoms with E-state index in [9.17, 15) is 14.0 Å². The third-order valence-corrected chi connectivity index (χ3v) is 5.97. The molecule has 8 heteroatoms. The molecule has 2 aromatic carbocycles. The number of aliphatic carboxylic acids is 2. The number of rotatable bonds is 3. The van der Waals surface area contributed by atoms with Crippen LogP contribution in [0.5, 0.6) is 0 Å². The third kappa shape index (κ3) is 5.24. The molecule has 2 aliphatic rings. The van der Waals surface area contributed by atoms with E-state index in [0.717, 1.165) is 38.2 Å². The van der Waals surface area contributed by atoms with Crippen LogP contribution in [0, 0.1) is 5.82 Å². The average molecular weight is 447 g/mol. The van der Waals surface area contributed by atoms with E-state index in [0.29, 0.717) is 22.9 Å².